The van der Waals surface area contributed by atoms with Gasteiger partial charge in [-0.25, -0.2) is 0 Å². The Bertz CT molecular complexity index is 1250. The van der Waals surface area contributed by atoms with E-state index in [9.17, 15) is 15.0 Å². The minimum atomic E-state index is -0.724. The molecule has 5 rings (SSSR count). The van der Waals surface area contributed by atoms with Crippen LogP contribution in [0.3, 0.4) is 0 Å². The normalized spacial score (nSPS) is 15.1. The van der Waals surface area contributed by atoms with Crippen LogP contribution in [0.1, 0.15) is 48.5 Å². The zero-order valence-electron chi connectivity index (χ0n) is 19.0. The first kappa shape index (κ1) is 22.6. The van der Waals surface area contributed by atoms with E-state index in [1.807, 2.05) is 30.3 Å². The number of thiophene rings is 1. The van der Waals surface area contributed by atoms with Gasteiger partial charge in [0.25, 0.3) is 0 Å². The minimum Gasteiger partial charge on any atom is -0.481 e. The predicted octanol–water partition coefficient (Wildman–Crippen LogP) is 7.25. The van der Waals surface area contributed by atoms with Crippen molar-refractivity contribution >= 4 is 17.3 Å². The lowest BCUT2D eigenvalue weighted by molar-refractivity contribution is -0.140. The number of carbonyl (C=O) groups is 1. The summed E-state index contributed by atoms with van der Waals surface area (Å²) in [5.74, 6) is -0.724. The molecule has 34 heavy (non-hydrogen) atoms. The van der Waals surface area contributed by atoms with Crippen molar-refractivity contribution in [1.82, 2.24) is 0 Å². The van der Waals surface area contributed by atoms with Gasteiger partial charge in [0.05, 0.1) is 11.5 Å². The van der Waals surface area contributed by atoms with Crippen LogP contribution in [-0.2, 0) is 16.6 Å². The lowest BCUT2D eigenvalue weighted by atomic mass is 9.93. The van der Waals surface area contributed by atoms with E-state index in [1.54, 1.807) is 11.3 Å². The van der Waals surface area contributed by atoms with Crippen LogP contribution in [0.2, 0.25) is 0 Å². The highest BCUT2D eigenvalue weighted by Gasteiger charge is 2.51. The van der Waals surface area contributed by atoms with Crippen molar-refractivity contribution in [1.29, 1.82) is 0 Å². The molecule has 4 heteroatoms. The molecular weight excluding hydrogens is 440 g/mol. The molecule has 1 aromatic heterocycles. The van der Waals surface area contributed by atoms with Crippen LogP contribution in [0, 0.1) is 0 Å². The summed E-state index contributed by atoms with van der Waals surface area (Å²) in [6.45, 7) is 0. The fourth-order valence-electron chi connectivity index (χ4n) is 4.67. The Morgan fingerprint density at radius 2 is 1.47 bits per heavy atom. The highest BCUT2D eigenvalue weighted by molar-refractivity contribution is 7.08. The van der Waals surface area contributed by atoms with E-state index in [-0.39, 0.29) is 0 Å². The van der Waals surface area contributed by atoms with Crippen LogP contribution in [0.25, 0.3) is 22.3 Å². The topological polar surface area (TPSA) is 57.5 Å². The van der Waals surface area contributed by atoms with Crippen molar-refractivity contribution in [2.45, 2.75) is 43.6 Å². The molecule has 0 radical (unpaired) electrons. The van der Waals surface area contributed by atoms with Gasteiger partial charge in [-0.15, -0.1) is 0 Å². The quantitative estimate of drug-likeness (QED) is 0.272. The maximum atomic E-state index is 11.6. The maximum Gasteiger partial charge on any atom is 0.314 e. The van der Waals surface area contributed by atoms with Crippen LogP contribution in [-0.4, -0.2) is 16.2 Å². The van der Waals surface area contributed by atoms with Crippen molar-refractivity contribution < 1.29 is 15.0 Å². The van der Waals surface area contributed by atoms with Gasteiger partial charge in [0.2, 0.25) is 0 Å². The molecule has 1 aliphatic carbocycles. The molecule has 1 heterocycles. The fraction of sp³-hybridized carbons (Fsp3) is 0.233. The van der Waals surface area contributed by atoms with Crippen molar-refractivity contribution in [2.75, 3.05) is 0 Å². The van der Waals surface area contributed by atoms with E-state index in [1.165, 1.54) is 5.56 Å². The largest absolute Gasteiger partial charge is 0.481 e. The third-order valence-corrected chi connectivity index (χ3v) is 7.72. The summed E-state index contributed by atoms with van der Waals surface area (Å²) >= 11 is 1.62. The van der Waals surface area contributed by atoms with Gasteiger partial charge in [0.1, 0.15) is 0 Å². The summed E-state index contributed by atoms with van der Waals surface area (Å²) in [5, 5.41) is 24.5. The Kier molecular flexibility index (Phi) is 6.36. The highest BCUT2D eigenvalue weighted by Crippen LogP contribution is 2.48. The Balaban J connectivity index is 1.26. The summed E-state index contributed by atoms with van der Waals surface area (Å²) < 4.78 is 0. The van der Waals surface area contributed by atoms with Crippen molar-refractivity contribution in [3.63, 3.8) is 0 Å². The molecule has 0 aliphatic heterocycles. The second-order valence-electron chi connectivity index (χ2n) is 9.18. The SMILES string of the molecule is O=C(O)C1(c2ccc(-c3ccc(-c4cscc4C(O)CCCc4ccccc4)cc3)cc2)CC1. The molecule has 0 spiro atoms. The lowest BCUT2D eigenvalue weighted by Gasteiger charge is -2.13. The minimum absolute atomic E-state index is 0.471. The second kappa shape index (κ2) is 9.57. The van der Waals surface area contributed by atoms with Gasteiger partial charge in [-0.05, 0) is 81.8 Å². The summed E-state index contributed by atoms with van der Waals surface area (Å²) in [6, 6.07) is 26.7. The van der Waals surface area contributed by atoms with E-state index in [0.717, 1.165) is 65.5 Å². The molecule has 3 nitrogen and oxygen atoms in total. The summed E-state index contributed by atoms with van der Waals surface area (Å²) in [6.07, 6.45) is 3.62. The number of aliphatic hydroxyl groups excluding tert-OH is 1. The molecule has 1 unspecified atom stereocenters. The lowest BCUT2D eigenvalue weighted by Crippen LogP contribution is -2.19. The first-order valence-corrected chi connectivity index (χ1v) is 12.7. The third-order valence-electron chi connectivity index (χ3n) is 6.96. The smallest absolute Gasteiger partial charge is 0.314 e. The number of aryl methyl sites for hydroxylation is 1. The molecule has 1 aliphatic rings. The van der Waals surface area contributed by atoms with Crippen molar-refractivity contribution in [2.24, 2.45) is 0 Å². The highest BCUT2D eigenvalue weighted by atomic mass is 32.1. The Labute approximate surface area is 204 Å². The number of aliphatic hydroxyl groups is 1. The molecule has 0 saturated heterocycles. The predicted molar refractivity (Wildman–Crippen MR) is 138 cm³/mol. The van der Waals surface area contributed by atoms with Crippen LogP contribution in [0.5, 0.6) is 0 Å². The number of aliphatic carboxylic acids is 1. The number of hydrogen-bond acceptors (Lipinski definition) is 3. The summed E-state index contributed by atoms with van der Waals surface area (Å²) in [5.41, 5.74) is 6.89. The second-order valence-corrected chi connectivity index (χ2v) is 9.92. The zero-order chi connectivity index (χ0) is 23.5. The van der Waals surface area contributed by atoms with Gasteiger partial charge >= 0.3 is 5.97 Å². The van der Waals surface area contributed by atoms with Crippen LogP contribution in [0.15, 0.2) is 89.6 Å². The summed E-state index contributed by atoms with van der Waals surface area (Å²) in [4.78, 5) is 11.6. The average Bonchev–Trinajstić information content (AvgIpc) is 3.55. The van der Waals surface area contributed by atoms with Gasteiger partial charge in [-0.2, -0.15) is 11.3 Å². The molecule has 1 saturated carbocycles. The molecular formula is C30H28O3S. The standard InChI is InChI=1S/C30H28O3S/c31-28(8-4-7-21-5-2-1-3-6-21)27-20-34-19-26(27)24-11-9-22(10-12-24)23-13-15-25(16-14-23)30(17-18-30)29(32)33/h1-3,5-6,9-16,19-20,28,31H,4,7-8,17-18H2,(H,32,33). The number of carboxylic acids is 1. The third kappa shape index (κ3) is 4.56. The number of rotatable bonds is 9. The van der Waals surface area contributed by atoms with Gasteiger partial charge in [0.15, 0.2) is 0 Å². The molecule has 2 N–H and O–H groups in total. The van der Waals surface area contributed by atoms with Gasteiger partial charge < -0.3 is 10.2 Å². The van der Waals surface area contributed by atoms with Crippen LogP contribution < -0.4 is 0 Å². The molecule has 0 bridgehead atoms. The van der Waals surface area contributed by atoms with Crippen LogP contribution in [0.4, 0.5) is 0 Å². The molecule has 1 fully saturated rings. The number of hydrogen-bond donors (Lipinski definition) is 2. The van der Waals surface area contributed by atoms with E-state index < -0.39 is 17.5 Å². The average molecular weight is 469 g/mol. The maximum absolute atomic E-state index is 11.6. The Morgan fingerprint density at radius 1 is 0.853 bits per heavy atom. The van der Waals surface area contributed by atoms with Crippen molar-refractivity contribution in [3.05, 3.63) is 106 Å². The first-order valence-electron chi connectivity index (χ1n) is 11.8. The van der Waals surface area contributed by atoms with E-state index in [4.69, 9.17) is 0 Å². The van der Waals surface area contributed by atoms with Gasteiger partial charge in [0, 0.05) is 0 Å². The molecule has 4 aromatic rings. The van der Waals surface area contributed by atoms with Crippen molar-refractivity contribution in [3.8, 4) is 22.3 Å². The van der Waals surface area contributed by atoms with E-state index >= 15 is 0 Å². The molecule has 3 aromatic carbocycles. The van der Waals surface area contributed by atoms with Gasteiger partial charge in [-0.1, -0.05) is 78.9 Å². The number of benzene rings is 3. The summed E-state index contributed by atoms with van der Waals surface area (Å²) in [7, 11) is 0. The molecule has 172 valence electrons. The van der Waals surface area contributed by atoms with E-state index in [0.29, 0.717) is 0 Å². The Hall–Kier alpha value is -3.21. The fourth-order valence-corrected chi connectivity index (χ4v) is 5.58. The Morgan fingerprint density at radius 3 is 2.09 bits per heavy atom. The molecule has 1 atom stereocenters. The van der Waals surface area contributed by atoms with Gasteiger partial charge in [-0.3, -0.25) is 4.79 Å². The monoisotopic (exact) mass is 468 g/mol. The van der Waals surface area contributed by atoms with Crippen LogP contribution >= 0.6 is 11.3 Å². The zero-order valence-corrected chi connectivity index (χ0v) is 19.8. The van der Waals surface area contributed by atoms with E-state index in [2.05, 4.69) is 59.3 Å². The molecule has 0 amide bonds. The first-order chi connectivity index (χ1) is 16.6. The number of carboxylic acid groups (broad SMARTS) is 1.